The van der Waals surface area contributed by atoms with E-state index in [2.05, 4.69) is 10.5 Å². The van der Waals surface area contributed by atoms with Gasteiger partial charge in [0.25, 0.3) is 11.6 Å². The standard InChI is InChI=1S/C19H14ClN3O5/c1-27-14-6-8-16(17(10-14)23(25)26)18-9-7-15(28-18)11-21-22-19(24)12-2-4-13(20)5-3-12/h2-11H,1H3,(H,22,24)/b21-11-. The predicted molar refractivity (Wildman–Crippen MR) is 104 cm³/mol. The number of furan rings is 1. The lowest BCUT2D eigenvalue weighted by Crippen LogP contribution is -2.17. The number of nitro benzene ring substituents is 1. The van der Waals surface area contributed by atoms with Gasteiger partial charge < -0.3 is 9.15 Å². The van der Waals surface area contributed by atoms with Crippen LogP contribution in [0.4, 0.5) is 5.69 Å². The Morgan fingerprint density at radius 3 is 2.64 bits per heavy atom. The van der Waals surface area contributed by atoms with E-state index in [1.807, 2.05) is 0 Å². The second-order valence-electron chi connectivity index (χ2n) is 5.55. The number of hydrogen-bond donors (Lipinski definition) is 1. The SMILES string of the molecule is COc1ccc(-c2ccc(/C=N\NC(=O)c3ccc(Cl)cc3)o2)c([N+](=O)[O-])c1. The molecule has 2 aromatic carbocycles. The molecule has 0 unspecified atom stereocenters. The lowest BCUT2D eigenvalue weighted by molar-refractivity contribution is -0.384. The summed E-state index contributed by atoms with van der Waals surface area (Å²) in [6, 6.07) is 14.0. The Morgan fingerprint density at radius 2 is 1.96 bits per heavy atom. The zero-order chi connectivity index (χ0) is 20.1. The molecular weight excluding hydrogens is 386 g/mol. The highest BCUT2D eigenvalue weighted by atomic mass is 35.5. The summed E-state index contributed by atoms with van der Waals surface area (Å²) >= 11 is 5.78. The molecule has 3 rings (SSSR count). The van der Waals surface area contributed by atoms with Gasteiger partial charge in [0.15, 0.2) is 0 Å². The van der Waals surface area contributed by atoms with E-state index < -0.39 is 10.8 Å². The number of hydrazone groups is 1. The summed E-state index contributed by atoms with van der Waals surface area (Å²) in [6.07, 6.45) is 1.30. The van der Waals surface area contributed by atoms with Crippen LogP contribution in [0, 0.1) is 10.1 Å². The van der Waals surface area contributed by atoms with Gasteiger partial charge in [-0.25, -0.2) is 5.43 Å². The third-order valence-electron chi connectivity index (χ3n) is 3.76. The highest BCUT2D eigenvalue weighted by Gasteiger charge is 2.19. The largest absolute Gasteiger partial charge is 0.497 e. The van der Waals surface area contributed by atoms with Crippen molar-refractivity contribution in [1.82, 2.24) is 5.43 Å². The van der Waals surface area contributed by atoms with Crippen molar-refractivity contribution < 1.29 is 18.9 Å². The van der Waals surface area contributed by atoms with Gasteiger partial charge in [0, 0.05) is 10.6 Å². The molecule has 142 valence electrons. The molecule has 0 fully saturated rings. The van der Waals surface area contributed by atoms with E-state index in [0.717, 1.165) is 0 Å². The van der Waals surface area contributed by atoms with E-state index in [1.165, 1.54) is 19.4 Å². The maximum atomic E-state index is 12.0. The maximum absolute atomic E-state index is 12.0. The number of carbonyl (C=O) groups excluding carboxylic acids is 1. The highest BCUT2D eigenvalue weighted by molar-refractivity contribution is 6.30. The first kappa shape index (κ1) is 19.1. The molecule has 28 heavy (non-hydrogen) atoms. The zero-order valence-corrected chi connectivity index (χ0v) is 15.3. The summed E-state index contributed by atoms with van der Waals surface area (Å²) in [5.41, 5.74) is 2.92. The number of methoxy groups -OCH3 is 1. The van der Waals surface area contributed by atoms with Crippen LogP contribution in [-0.2, 0) is 0 Å². The van der Waals surface area contributed by atoms with E-state index in [9.17, 15) is 14.9 Å². The molecule has 0 aliphatic carbocycles. The van der Waals surface area contributed by atoms with Crippen molar-refractivity contribution in [1.29, 1.82) is 0 Å². The van der Waals surface area contributed by atoms with E-state index in [1.54, 1.807) is 48.5 Å². The molecule has 0 radical (unpaired) electrons. The average Bonchev–Trinajstić information content (AvgIpc) is 3.16. The van der Waals surface area contributed by atoms with Crippen molar-refractivity contribution in [2.45, 2.75) is 0 Å². The first-order valence-corrected chi connectivity index (χ1v) is 8.37. The van der Waals surface area contributed by atoms with Crippen LogP contribution in [0.3, 0.4) is 0 Å². The van der Waals surface area contributed by atoms with Crippen molar-refractivity contribution in [2.24, 2.45) is 5.10 Å². The fourth-order valence-corrected chi connectivity index (χ4v) is 2.51. The second kappa shape index (κ2) is 8.36. The van der Waals surface area contributed by atoms with Gasteiger partial charge in [0.2, 0.25) is 0 Å². The molecule has 3 aromatic rings. The third kappa shape index (κ3) is 4.36. The van der Waals surface area contributed by atoms with Crippen molar-refractivity contribution in [2.75, 3.05) is 7.11 Å². The fourth-order valence-electron chi connectivity index (χ4n) is 2.39. The summed E-state index contributed by atoms with van der Waals surface area (Å²) in [5, 5.41) is 15.7. The van der Waals surface area contributed by atoms with Crippen LogP contribution < -0.4 is 10.2 Å². The van der Waals surface area contributed by atoms with Gasteiger partial charge in [0.1, 0.15) is 17.3 Å². The number of benzene rings is 2. The third-order valence-corrected chi connectivity index (χ3v) is 4.01. The molecule has 0 saturated carbocycles. The predicted octanol–water partition coefficient (Wildman–Crippen LogP) is 4.28. The number of halogens is 1. The molecule has 1 heterocycles. The molecule has 0 bridgehead atoms. The molecule has 8 nitrogen and oxygen atoms in total. The molecule has 0 aliphatic heterocycles. The van der Waals surface area contributed by atoms with Gasteiger partial charge in [-0.1, -0.05) is 11.6 Å². The Balaban J connectivity index is 1.74. The number of hydrogen-bond acceptors (Lipinski definition) is 6. The molecule has 1 aromatic heterocycles. The van der Waals surface area contributed by atoms with Gasteiger partial charge in [-0.05, 0) is 48.5 Å². The lowest BCUT2D eigenvalue weighted by Gasteiger charge is -2.03. The topological polar surface area (TPSA) is 107 Å². The quantitative estimate of drug-likeness (QED) is 0.378. The molecule has 1 N–H and O–H groups in total. The van der Waals surface area contributed by atoms with Crippen LogP contribution in [0.25, 0.3) is 11.3 Å². The summed E-state index contributed by atoms with van der Waals surface area (Å²) in [7, 11) is 1.43. The second-order valence-corrected chi connectivity index (χ2v) is 5.98. The summed E-state index contributed by atoms with van der Waals surface area (Å²) in [6.45, 7) is 0. The van der Waals surface area contributed by atoms with Crippen molar-refractivity contribution >= 4 is 29.4 Å². The Morgan fingerprint density at radius 1 is 1.21 bits per heavy atom. The normalized spacial score (nSPS) is 10.8. The number of rotatable bonds is 6. The van der Waals surface area contributed by atoms with Gasteiger partial charge >= 0.3 is 0 Å². The number of carbonyl (C=O) groups is 1. The number of nitrogens with one attached hydrogen (secondary N) is 1. The van der Waals surface area contributed by atoms with Crippen molar-refractivity contribution in [3.8, 4) is 17.1 Å². The first-order chi connectivity index (χ1) is 13.5. The Kier molecular flexibility index (Phi) is 5.71. The minimum atomic E-state index is -0.513. The Labute approximate surface area is 164 Å². The van der Waals surface area contributed by atoms with Crippen molar-refractivity contribution in [3.63, 3.8) is 0 Å². The zero-order valence-electron chi connectivity index (χ0n) is 14.6. The summed E-state index contributed by atoms with van der Waals surface area (Å²) in [5.74, 6) is 0.565. The number of nitro groups is 1. The molecular formula is C19H14ClN3O5. The minimum Gasteiger partial charge on any atom is -0.497 e. The summed E-state index contributed by atoms with van der Waals surface area (Å²) < 4.78 is 10.6. The lowest BCUT2D eigenvalue weighted by atomic mass is 10.1. The number of amides is 1. The number of ether oxygens (including phenoxy) is 1. The van der Waals surface area contributed by atoms with E-state index in [4.69, 9.17) is 20.8 Å². The molecule has 0 aliphatic rings. The van der Waals surface area contributed by atoms with Gasteiger partial charge in [-0.3, -0.25) is 14.9 Å². The molecule has 9 heteroatoms. The van der Waals surface area contributed by atoms with Crippen LogP contribution in [0.2, 0.25) is 5.02 Å². The number of nitrogens with zero attached hydrogens (tertiary/aromatic N) is 2. The van der Waals surface area contributed by atoms with Crippen LogP contribution in [0.5, 0.6) is 5.75 Å². The Bertz CT molecular complexity index is 1040. The summed E-state index contributed by atoms with van der Waals surface area (Å²) in [4.78, 5) is 22.8. The monoisotopic (exact) mass is 399 g/mol. The van der Waals surface area contributed by atoms with Gasteiger partial charge in [0.05, 0.1) is 29.9 Å². The smallest absolute Gasteiger partial charge is 0.284 e. The molecule has 1 amide bonds. The first-order valence-electron chi connectivity index (χ1n) is 7.99. The van der Waals surface area contributed by atoms with Gasteiger partial charge in [-0.2, -0.15) is 5.10 Å². The molecule has 0 spiro atoms. The van der Waals surface area contributed by atoms with Crippen molar-refractivity contribution in [3.05, 3.63) is 81.1 Å². The minimum absolute atomic E-state index is 0.145. The average molecular weight is 400 g/mol. The Hall–Kier alpha value is -3.65. The van der Waals surface area contributed by atoms with Crippen LogP contribution >= 0.6 is 11.6 Å². The van der Waals surface area contributed by atoms with E-state index in [-0.39, 0.29) is 5.69 Å². The van der Waals surface area contributed by atoms with E-state index >= 15 is 0 Å². The highest BCUT2D eigenvalue weighted by Crippen LogP contribution is 2.33. The van der Waals surface area contributed by atoms with Crippen LogP contribution in [-0.4, -0.2) is 24.2 Å². The molecule has 0 saturated heterocycles. The van der Waals surface area contributed by atoms with Crippen LogP contribution in [0.1, 0.15) is 16.1 Å². The maximum Gasteiger partial charge on any atom is 0.284 e. The van der Waals surface area contributed by atoms with Gasteiger partial charge in [-0.15, -0.1) is 0 Å². The molecule has 0 atom stereocenters. The fraction of sp³-hybridized carbons (Fsp3) is 0.0526. The van der Waals surface area contributed by atoms with Crippen LogP contribution in [0.15, 0.2) is 64.1 Å². The van der Waals surface area contributed by atoms with E-state index in [0.29, 0.717) is 33.4 Å².